The number of rotatable bonds is 5. The molecule has 0 amide bonds. The van der Waals surface area contributed by atoms with Crippen LogP contribution in [0.5, 0.6) is 0 Å². The van der Waals surface area contributed by atoms with Crippen molar-refractivity contribution in [3.8, 4) is 0 Å². The van der Waals surface area contributed by atoms with Crippen LogP contribution in [0.1, 0.15) is 26.3 Å². The van der Waals surface area contributed by atoms with E-state index in [1.54, 1.807) is 0 Å². The van der Waals surface area contributed by atoms with Gasteiger partial charge in [-0.3, -0.25) is 4.99 Å². The summed E-state index contributed by atoms with van der Waals surface area (Å²) < 4.78 is 2.15. The summed E-state index contributed by atoms with van der Waals surface area (Å²) in [5.41, 5.74) is 2.41. The third-order valence-electron chi connectivity index (χ3n) is 2.48. The highest BCUT2D eigenvalue weighted by Gasteiger charge is 2.00. The molecule has 0 aliphatic heterocycles. The fourth-order valence-corrected chi connectivity index (χ4v) is 1.53. The molecule has 1 heterocycles. The van der Waals surface area contributed by atoms with Gasteiger partial charge in [0.2, 0.25) is 0 Å². The largest absolute Gasteiger partial charge is 0.293 e. The first kappa shape index (κ1) is 13.4. The molecule has 17 heavy (non-hydrogen) atoms. The first-order chi connectivity index (χ1) is 8.31. The quantitative estimate of drug-likeness (QED) is 0.419. The zero-order valence-electron chi connectivity index (χ0n) is 10.9. The van der Waals surface area contributed by atoms with E-state index in [0.29, 0.717) is 0 Å². The van der Waals surface area contributed by atoms with Crippen LogP contribution in [0.15, 0.2) is 47.7 Å². The number of nitrogens with zero attached hydrogens (tertiary/aromatic N) is 2. The molecular weight excluding hydrogens is 208 g/mol. The van der Waals surface area contributed by atoms with Crippen molar-refractivity contribution in [1.29, 1.82) is 0 Å². The Labute approximate surface area is 104 Å². The van der Waals surface area contributed by atoms with Crippen LogP contribution in [0.4, 0.5) is 0 Å². The lowest BCUT2D eigenvalue weighted by molar-refractivity contribution is -0.693. The molecule has 0 aliphatic carbocycles. The maximum atomic E-state index is 4.21. The van der Waals surface area contributed by atoms with Crippen molar-refractivity contribution in [1.82, 2.24) is 0 Å². The minimum absolute atomic E-state index is 0.824. The normalized spacial score (nSPS) is 12.8. The lowest BCUT2D eigenvalue weighted by Crippen LogP contribution is -2.30. The van der Waals surface area contributed by atoms with E-state index in [1.165, 1.54) is 11.1 Å². The summed E-state index contributed by atoms with van der Waals surface area (Å²) in [5.74, 6) is 0. The van der Waals surface area contributed by atoms with E-state index in [4.69, 9.17) is 0 Å². The smallest absolute Gasteiger partial charge is 0.169 e. The van der Waals surface area contributed by atoms with E-state index in [0.717, 1.165) is 13.1 Å². The molecule has 0 unspecified atom stereocenters. The van der Waals surface area contributed by atoms with Crippen molar-refractivity contribution in [3.63, 3.8) is 0 Å². The Morgan fingerprint density at radius 3 is 2.53 bits per heavy atom. The summed E-state index contributed by atoms with van der Waals surface area (Å²) in [6.45, 7) is 8.02. The molecule has 0 N–H and O–H groups in total. The van der Waals surface area contributed by atoms with Gasteiger partial charge in [-0.1, -0.05) is 12.2 Å². The Morgan fingerprint density at radius 2 is 2.00 bits per heavy atom. The Bertz CT molecular complexity index is 411. The second-order valence-electron chi connectivity index (χ2n) is 3.69. The third-order valence-corrected chi connectivity index (χ3v) is 2.48. The Hall–Kier alpha value is -1.70. The summed E-state index contributed by atoms with van der Waals surface area (Å²) in [6, 6.07) is 4.27. The summed E-state index contributed by atoms with van der Waals surface area (Å²) in [7, 11) is 0. The van der Waals surface area contributed by atoms with Crippen LogP contribution in [0, 0.1) is 0 Å². The van der Waals surface area contributed by atoms with Gasteiger partial charge in [0, 0.05) is 24.9 Å². The van der Waals surface area contributed by atoms with Crippen molar-refractivity contribution in [2.75, 3.05) is 6.54 Å². The van der Waals surface area contributed by atoms with Gasteiger partial charge in [-0.2, -0.15) is 0 Å². The fourth-order valence-electron chi connectivity index (χ4n) is 1.53. The van der Waals surface area contributed by atoms with Crippen LogP contribution in [0.25, 0.3) is 5.57 Å². The second kappa shape index (κ2) is 7.55. The van der Waals surface area contributed by atoms with Gasteiger partial charge in [0.1, 0.15) is 6.54 Å². The van der Waals surface area contributed by atoms with Crippen LogP contribution in [0.3, 0.4) is 0 Å². The maximum Gasteiger partial charge on any atom is 0.169 e. The molecule has 0 aromatic carbocycles. The van der Waals surface area contributed by atoms with Gasteiger partial charge in [0.25, 0.3) is 0 Å². The molecule has 2 heteroatoms. The predicted molar refractivity (Wildman–Crippen MR) is 74.1 cm³/mol. The van der Waals surface area contributed by atoms with Crippen molar-refractivity contribution >= 4 is 11.8 Å². The van der Waals surface area contributed by atoms with Gasteiger partial charge in [0.05, 0.1) is 0 Å². The summed E-state index contributed by atoms with van der Waals surface area (Å²) in [4.78, 5) is 4.21. The third kappa shape index (κ3) is 4.35. The lowest BCUT2D eigenvalue weighted by atomic mass is 10.1. The molecule has 0 bridgehead atoms. The van der Waals surface area contributed by atoms with Crippen LogP contribution in [0.2, 0.25) is 0 Å². The van der Waals surface area contributed by atoms with Gasteiger partial charge in [-0.15, -0.1) is 0 Å². The van der Waals surface area contributed by atoms with Gasteiger partial charge >= 0.3 is 0 Å². The number of aryl methyl sites for hydroxylation is 1. The molecule has 0 atom stereocenters. The highest BCUT2D eigenvalue weighted by Crippen LogP contribution is 2.13. The average molecular weight is 229 g/mol. The van der Waals surface area contributed by atoms with E-state index < -0.39 is 0 Å². The fraction of sp³-hybridized carbons (Fsp3) is 0.333. The van der Waals surface area contributed by atoms with E-state index in [-0.39, 0.29) is 0 Å². The first-order valence-electron chi connectivity index (χ1n) is 6.14. The molecule has 0 saturated heterocycles. The highest BCUT2D eigenvalue weighted by atomic mass is 14.9. The summed E-state index contributed by atoms with van der Waals surface area (Å²) in [5, 5.41) is 0. The second-order valence-corrected chi connectivity index (χ2v) is 3.69. The number of hydrogen-bond acceptors (Lipinski definition) is 1. The van der Waals surface area contributed by atoms with Gasteiger partial charge in [-0.25, -0.2) is 4.57 Å². The van der Waals surface area contributed by atoms with Gasteiger partial charge in [0.15, 0.2) is 12.4 Å². The topological polar surface area (TPSA) is 16.2 Å². The Morgan fingerprint density at radius 1 is 1.29 bits per heavy atom. The molecule has 2 nitrogen and oxygen atoms in total. The van der Waals surface area contributed by atoms with Crippen molar-refractivity contribution in [2.24, 2.45) is 4.99 Å². The average Bonchev–Trinajstić information content (AvgIpc) is 2.38. The molecule has 0 fully saturated rings. The summed E-state index contributed by atoms with van der Waals surface area (Å²) in [6.07, 6.45) is 12.3. The molecule has 0 radical (unpaired) electrons. The molecule has 0 saturated carbocycles. The van der Waals surface area contributed by atoms with E-state index >= 15 is 0 Å². The van der Waals surface area contributed by atoms with Crippen molar-refractivity contribution in [3.05, 3.63) is 48.3 Å². The van der Waals surface area contributed by atoms with Gasteiger partial charge in [-0.05, 0) is 38.0 Å². The minimum atomic E-state index is 0.824. The molecule has 0 aliphatic rings. The molecular formula is C15H21N2+. The highest BCUT2D eigenvalue weighted by molar-refractivity contribution is 5.88. The minimum Gasteiger partial charge on any atom is -0.293 e. The van der Waals surface area contributed by atoms with Crippen LogP contribution in [-0.2, 0) is 6.54 Å². The van der Waals surface area contributed by atoms with E-state index in [2.05, 4.69) is 53.2 Å². The number of pyridine rings is 1. The number of aromatic nitrogens is 1. The first-order valence-corrected chi connectivity index (χ1v) is 6.14. The standard InChI is InChI=1S/C15H21N2/c1-4-7-14(8-11-16-5-2)15-9-12-17(6-3)13-10-15/h4,7-13H,5-6H2,1-3H3/q+1/b7-4-,14-8+,16-11+. The molecule has 1 aromatic heterocycles. The van der Waals surface area contributed by atoms with Crippen molar-refractivity contribution in [2.45, 2.75) is 27.3 Å². The van der Waals surface area contributed by atoms with Gasteiger partial charge < -0.3 is 0 Å². The Kier molecular flexibility index (Phi) is 5.94. The van der Waals surface area contributed by atoms with E-state index in [9.17, 15) is 0 Å². The van der Waals surface area contributed by atoms with Crippen LogP contribution >= 0.6 is 0 Å². The lowest BCUT2D eigenvalue weighted by Gasteiger charge is -2.00. The maximum absolute atomic E-state index is 4.21. The van der Waals surface area contributed by atoms with Crippen molar-refractivity contribution < 1.29 is 4.57 Å². The molecule has 0 spiro atoms. The SMILES string of the molecule is C\C=C/C(=C\C=N\CC)c1cc[n+](CC)cc1. The monoisotopic (exact) mass is 229 g/mol. The zero-order valence-corrected chi connectivity index (χ0v) is 10.9. The van der Waals surface area contributed by atoms with E-state index in [1.807, 2.05) is 26.1 Å². The molecule has 1 rings (SSSR count). The number of allylic oxidation sites excluding steroid dienone is 4. The predicted octanol–water partition coefficient (Wildman–Crippen LogP) is 3.04. The van der Waals surface area contributed by atoms with Crippen LogP contribution in [-0.4, -0.2) is 12.8 Å². The van der Waals surface area contributed by atoms with Crippen LogP contribution < -0.4 is 4.57 Å². The molecule has 90 valence electrons. The zero-order chi connectivity index (χ0) is 12.5. The number of aliphatic imine (C=N–C) groups is 1. The molecule has 1 aromatic rings. The summed E-state index contributed by atoms with van der Waals surface area (Å²) >= 11 is 0. The Balaban J connectivity index is 2.96. The number of hydrogen-bond donors (Lipinski definition) is 0.